The van der Waals surface area contributed by atoms with Crippen LogP contribution >= 0.6 is 0 Å². The molecule has 1 aromatic carbocycles. The Morgan fingerprint density at radius 2 is 2.00 bits per heavy atom. The number of methoxy groups -OCH3 is 2. The average molecular weight is 261 g/mol. The molecule has 5 nitrogen and oxygen atoms in total. The van der Waals surface area contributed by atoms with Gasteiger partial charge in [-0.3, -0.25) is 0 Å². The predicted octanol–water partition coefficient (Wildman–Crippen LogP) is 1.92. The first-order valence-electron chi connectivity index (χ1n) is 6.23. The van der Waals surface area contributed by atoms with Gasteiger partial charge >= 0.3 is 0 Å². The van der Waals surface area contributed by atoms with E-state index in [1.165, 1.54) is 0 Å². The van der Waals surface area contributed by atoms with Gasteiger partial charge in [-0.05, 0) is 31.2 Å². The fraction of sp³-hybridized carbons (Fsp3) is 0.357. The minimum Gasteiger partial charge on any atom is -0.493 e. The maximum atomic E-state index is 5.55. The molecule has 2 rings (SSSR count). The number of aromatic nitrogens is 2. The van der Waals surface area contributed by atoms with Crippen LogP contribution in [0.1, 0.15) is 6.42 Å². The summed E-state index contributed by atoms with van der Waals surface area (Å²) in [6.45, 7) is 1.53. The van der Waals surface area contributed by atoms with Gasteiger partial charge in [-0.2, -0.15) is 0 Å². The molecule has 1 aromatic heterocycles. The highest BCUT2D eigenvalue weighted by atomic mass is 16.5. The highest BCUT2D eigenvalue weighted by Crippen LogP contribution is 2.31. The number of aryl methyl sites for hydroxylation is 1. The van der Waals surface area contributed by atoms with Crippen molar-refractivity contribution in [3.8, 4) is 22.9 Å². The van der Waals surface area contributed by atoms with E-state index >= 15 is 0 Å². The summed E-state index contributed by atoms with van der Waals surface area (Å²) in [5, 5.41) is 0. The first kappa shape index (κ1) is 13.4. The van der Waals surface area contributed by atoms with Crippen LogP contribution in [0, 0.1) is 0 Å². The minimum absolute atomic E-state index is 0.670. The van der Waals surface area contributed by atoms with Crippen molar-refractivity contribution in [1.82, 2.24) is 9.55 Å². The monoisotopic (exact) mass is 261 g/mol. The summed E-state index contributed by atoms with van der Waals surface area (Å²) in [6.07, 6.45) is 4.68. The second-order valence-corrected chi connectivity index (χ2v) is 4.16. The Bertz CT molecular complexity index is 537. The van der Waals surface area contributed by atoms with E-state index in [2.05, 4.69) is 9.55 Å². The normalized spacial score (nSPS) is 10.5. The predicted molar refractivity (Wildman–Crippen MR) is 74.4 cm³/mol. The van der Waals surface area contributed by atoms with Crippen molar-refractivity contribution < 1.29 is 9.47 Å². The van der Waals surface area contributed by atoms with Crippen LogP contribution in [0.4, 0.5) is 0 Å². The summed E-state index contributed by atoms with van der Waals surface area (Å²) in [5.41, 5.74) is 6.55. The van der Waals surface area contributed by atoms with E-state index in [9.17, 15) is 0 Å². The van der Waals surface area contributed by atoms with Gasteiger partial charge in [-0.1, -0.05) is 0 Å². The number of hydrogen-bond donors (Lipinski definition) is 1. The lowest BCUT2D eigenvalue weighted by Crippen LogP contribution is -2.06. The van der Waals surface area contributed by atoms with Gasteiger partial charge in [0, 0.05) is 24.5 Å². The minimum atomic E-state index is 0.670. The van der Waals surface area contributed by atoms with Gasteiger partial charge in [0.2, 0.25) is 0 Å². The van der Waals surface area contributed by atoms with Crippen molar-refractivity contribution >= 4 is 0 Å². The van der Waals surface area contributed by atoms with Gasteiger partial charge < -0.3 is 19.8 Å². The molecular weight excluding hydrogens is 242 g/mol. The van der Waals surface area contributed by atoms with E-state index in [0.29, 0.717) is 18.0 Å². The third kappa shape index (κ3) is 2.88. The molecule has 2 N–H and O–H groups in total. The molecule has 0 radical (unpaired) electrons. The van der Waals surface area contributed by atoms with E-state index in [1.54, 1.807) is 20.4 Å². The summed E-state index contributed by atoms with van der Waals surface area (Å²) in [6, 6.07) is 5.79. The summed E-state index contributed by atoms with van der Waals surface area (Å²) in [4.78, 5) is 4.40. The third-order valence-corrected chi connectivity index (χ3v) is 2.96. The van der Waals surface area contributed by atoms with Crippen molar-refractivity contribution in [3.05, 3.63) is 30.6 Å². The number of rotatable bonds is 6. The Balaban J connectivity index is 2.33. The van der Waals surface area contributed by atoms with Crippen molar-refractivity contribution in [2.24, 2.45) is 5.73 Å². The molecule has 0 aliphatic carbocycles. The highest BCUT2D eigenvalue weighted by molar-refractivity contribution is 5.61. The van der Waals surface area contributed by atoms with Crippen LogP contribution in [0.3, 0.4) is 0 Å². The SMILES string of the molecule is COc1ccc(-c2nccn2CCCN)cc1OC. The zero-order chi connectivity index (χ0) is 13.7. The van der Waals surface area contributed by atoms with Crippen LogP contribution in [-0.4, -0.2) is 30.3 Å². The standard InChI is InChI=1S/C14H19N3O2/c1-18-12-5-4-11(10-13(12)19-2)14-16-7-9-17(14)8-3-6-15/h4-5,7,9-10H,3,6,8,15H2,1-2H3. The molecule has 102 valence electrons. The summed E-state index contributed by atoms with van der Waals surface area (Å²) < 4.78 is 12.6. The Morgan fingerprint density at radius 3 is 2.68 bits per heavy atom. The molecule has 19 heavy (non-hydrogen) atoms. The molecule has 2 aromatic rings. The van der Waals surface area contributed by atoms with Gasteiger partial charge in [-0.25, -0.2) is 4.98 Å². The fourth-order valence-corrected chi connectivity index (χ4v) is 1.99. The molecule has 0 unspecified atom stereocenters. The molecule has 0 fully saturated rings. The van der Waals surface area contributed by atoms with E-state index < -0.39 is 0 Å². The zero-order valence-corrected chi connectivity index (χ0v) is 11.3. The number of nitrogens with two attached hydrogens (primary N) is 1. The van der Waals surface area contributed by atoms with Crippen LogP contribution in [0.15, 0.2) is 30.6 Å². The molecule has 5 heteroatoms. The van der Waals surface area contributed by atoms with Gasteiger partial charge in [-0.15, -0.1) is 0 Å². The highest BCUT2D eigenvalue weighted by Gasteiger charge is 2.10. The molecule has 1 heterocycles. The van der Waals surface area contributed by atoms with Crippen molar-refractivity contribution in [1.29, 1.82) is 0 Å². The van der Waals surface area contributed by atoms with E-state index in [1.807, 2.05) is 24.4 Å². The van der Waals surface area contributed by atoms with E-state index in [4.69, 9.17) is 15.2 Å². The molecule has 0 atom stereocenters. The second kappa shape index (κ2) is 6.24. The quantitative estimate of drug-likeness (QED) is 0.863. The van der Waals surface area contributed by atoms with Crippen LogP contribution in [0.2, 0.25) is 0 Å². The number of nitrogens with zero attached hydrogens (tertiary/aromatic N) is 2. The molecule has 0 saturated carbocycles. The summed E-state index contributed by atoms with van der Waals surface area (Å²) >= 11 is 0. The third-order valence-electron chi connectivity index (χ3n) is 2.96. The van der Waals surface area contributed by atoms with Crippen molar-refractivity contribution in [2.75, 3.05) is 20.8 Å². The maximum Gasteiger partial charge on any atom is 0.161 e. The van der Waals surface area contributed by atoms with Crippen LogP contribution in [0.25, 0.3) is 11.4 Å². The molecule has 0 spiro atoms. The van der Waals surface area contributed by atoms with Crippen molar-refractivity contribution in [2.45, 2.75) is 13.0 Å². The molecule has 0 amide bonds. The number of imidazole rings is 1. The van der Waals surface area contributed by atoms with Gasteiger partial charge in [0.1, 0.15) is 5.82 Å². The summed E-state index contributed by atoms with van der Waals surface area (Å²) in [5.74, 6) is 2.33. The average Bonchev–Trinajstić information content (AvgIpc) is 2.92. The largest absolute Gasteiger partial charge is 0.493 e. The van der Waals surface area contributed by atoms with Gasteiger partial charge in [0.25, 0.3) is 0 Å². The smallest absolute Gasteiger partial charge is 0.161 e. The molecule has 0 saturated heterocycles. The number of ether oxygens (including phenoxy) is 2. The first-order valence-corrected chi connectivity index (χ1v) is 6.23. The number of hydrogen-bond acceptors (Lipinski definition) is 4. The number of benzene rings is 1. The Labute approximate surface area is 113 Å². The lowest BCUT2D eigenvalue weighted by Gasteiger charge is -2.11. The fourth-order valence-electron chi connectivity index (χ4n) is 1.99. The molecule has 0 aliphatic heterocycles. The van der Waals surface area contributed by atoms with Gasteiger partial charge in [0.15, 0.2) is 11.5 Å². The lowest BCUT2D eigenvalue weighted by molar-refractivity contribution is 0.355. The van der Waals surface area contributed by atoms with E-state index in [-0.39, 0.29) is 0 Å². The Hall–Kier alpha value is -2.01. The van der Waals surface area contributed by atoms with Crippen LogP contribution in [-0.2, 0) is 6.54 Å². The van der Waals surface area contributed by atoms with E-state index in [0.717, 1.165) is 24.4 Å². The second-order valence-electron chi connectivity index (χ2n) is 4.16. The molecule has 0 bridgehead atoms. The first-order chi connectivity index (χ1) is 9.30. The molecular formula is C14H19N3O2. The van der Waals surface area contributed by atoms with Crippen molar-refractivity contribution in [3.63, 3.8) is 0 Å². The molecule has 0 aliphatic rings. The Kier molecular flexibility index (Phi) is 4.41. The lowest BCUT2D eigenvalue weighted by atomic mass is 10.2. The van der Waals surface area contributed by atoms with Gasteiger partial charge in [0.05, 0.1) is 14.2 Å². The zero-order valence-electron chi connectivity index (χ0n) is 11.3. The van der Waals surface area contributed by atoms with Crippen LogP contribution in [0.5, 0.6) is 11.5 Å². The topological polar surface area (TPSA) is 62.3 Å². The Morgan fingerprint density at radius 1 is 1.21 bits per heavy atom. The summed E-state index contributed by atoms with van der Waals surface area (Å²) in [7, 11) is 3.25. The van der Waals surface area contributed by atoms with Crippen LogP contribution < -0.4 is 15.2 Å². The maximum absolute atomic E-state index is 5.55.